The van der Waals surface area contributed by atoms with Gasteiger partial charge < -0.3 is 9.32 Å². The van der Waals surface area contributed by atoms with E-state index in [9.17, 15) is 4.79 Å². The van der Waals surface area contributed by atoms with Crippen LogP contribution in [-0.2, 0) is 12.8 Å². The molecular formula is C21H21NO2S. The maximum absolute atomic E-state index is 12.5. The Labute approximate surface area is 151 Å². The third-order valence-electron chi connectivity index (χ3n) is 4.79. The van der Waals surface area contributed by atoms with Crippen molar-refractivity contribution in [2.45, 2.75) is 26.2 Å². The van der Waals surface area contributed by atoms with E-state index in [1.54, 1.807) is 11.3 Å². The lowest BCUT2D eigenvalue weighted by atomic mass is 9.98. The second kappa shape index (κ2) is 6.89. The Morgan fingerprint density at radius 1 is 1.32 bits per heavy atom. The average Bonchev–Trinajstić information content (AvgIpc) is 3.15. The fourth-order valence-corrected chi connectivity index (χ4v) is 4.18. The molecule has 25 heavy (non-hydrogen) atoms. The molecule has 0 spiro atoms. The Balaban J connectivity index is 1.69. The van der Waals surface area contributed by atoms with Crippen molar-refractivity contribution >= 4 is 34.1 Å². The molecule has 0 amide bonds. The zero-order chi connectivity index (χ0) is 17.2. The molecule has 128 valence electrons. The van der Waals surface area contributed by atoms with Crippen LogP contribution in [-0.4, -0.2) is 13.1 Å². The third-order valence-corrected chi connectivity index (χ3v) is 5.63. The van der Waals surface area contributed by atoms with Crippen molar-refractivity contribution in [3.05, 3.63) is 68.2 Å². The molecule has 4 heteroatoms. The fourth-order valence-electron chi connectivity index (χ4n) is 3.54. The zero-order valence-corrected chi connectivity index (χ0v) is 15.1. The molecule has 1 aromatic carbocycles. The van der Waals surface area contributed by atoms with Gasteiger partial charge in [-0.3, -0.25) is 0 Å². The van der Waals surface area contributed by atoms with Crippen LogP contribution in [0.1, 0.15) is 29.3 Å². The Morgan fingerprint density at radius 3 is 3.04 bits per heavy atom. The van der Waals surface area contributed by atoms with Crippen LogP contribution in [0, 0.1) is 0 Å². The van der Waals surface area contributed by atoms with Crippen molar-refractivity contribution in [1.82, 2.24) is 0 Å². The molecule has 0 saturated carbocycles. The van der Waals surface area contributed by atoms with Crippen LogP contribution >= 0.6 is 11.3 Å². The van der Waals surface area contributed by atoms with Crippen LogP contribution in [0.3, 0.4) is 0 Å². The standard InChI is InChI=1S/C21H21NO2S/c1-2-22-12-4-9-18-19(22)11-10-15-14-16(21(23)24-20(15)18)6-3-7-17-8-5-13-25-17/h3,5,7-8,10-11,13-14H,2,4,6,9,12H2,1H3/b7-3+. The van der Waals surface area contributed by atoms with Crippen LogP contribution in [0.25, 0.3) is 17.0 Å². The van der Waals surface area contributed by atoms with Crippen molar-refractivity contribution < 1.29 is 4.42 Å². The van der Waals surface area contributed by atoms with Crippen molar-refractivity contribution in [2.75, 3.05) is 18.0 Å². The number of thiophene rings is 1. The summed E-state index contributed by atoms with van der Waals surface area (Å²) in [5.41, 5.74) is 3.67. The van der Waals surface area contributed by atoms with Gasteiger partial charge in [0.25, 0.3) is 0 Å². The van der Waals surface area contributed by atoms with Crippen molar-refractivity contribution in [2.24, 2.45) is 0 Å². The summed E-state index contributed by atoms with van der Waals surface area (Å²) in [7, 11) is 0. The van der Waals surface area contributed by atoms with E-state index in [0.717, 1.165) is 36.9 Å². The number of hydrogen-bond acceptors (Lipinski definition) is 4. The molecule has 0 atom stereocenters. The largest absolute Gasteiger partial charge is 0.422 e. The lowest BCUT2D eigenvalue weighted by molar-refractivity contribution is 0.545. The van der Waals surface area contributed by atoms with Crippen LogP contribution in [0.2, 0.25) is 0 Å². The highest BCUT2D eigenvalue weighted by molar-refractivity contribution is 7.10. The second-order valence-corrected chi connectivity index (χ2v) is 7.33. The molecule has 0 bridgehead atoms. The number of rotatable bonds is 4. The molecule has 1 aliphatic heterocycles. The highest BCUT2D eigenvalue weighted by Crippen LogP contribution is 2.33. The zero-order valence-electron chi connectivity index (χ0n) is 14.3. The summed E-state index contributed by atoms with van der Waals surface area (Å²) in [6.07, 6.45) is 6.76. The molecule has 0 unspecified atom stereocenters. The van der Waals surface area contributed by atoms with Crippen molar-refractivity contribution in [1.29, 1.82) is 0 Å². The van der Waals surface area contributed by atoms with E-state index in [4.69, 9.17) is 4.42 Å². The summed E-state index contributed by atoms with van der Waals surface area (Å²) in [6, 6.07) is 10.3. The van der Waals surface area contributed by atoms with Crippen molar-refractivity contribution in [3.8, 4) is 0 Å². The van der Waals surface area contributed by atoms with Gasteiger partial charge in [0.1, 0.15) is 5.58 Å². The molecular weight excluding hydrogens is 330 g/mol. The highest BCUT2D eigenvalue weighted by atomic mass is 32.1. The van der Waals surface area contributed by atoms with Gasteiger partial charge in [-0.05, 0) is 61.9 Å². The Hall–Kier alpha value is -2.33. The Bertz CT molecular complexity index is 969. The summed E-state index contributed by atoms with van der Waals surface area (Å²) in [4.78, 5) is 16.0. The molecule has 1 aliphatic rings. The second-order valence-electron chi connectivity index (χ2n) is 6.35. The van der Waals surface area contributed by atoms with E-state index < -0.39 is 0 Å². The first kappa shape index (κ1) is 16.2. The summed E-state index contributed by atoms with van der Waals surface area (Å²) in [5.74, 6) is 0. The Morgan fingerprint density at radius 2 is 2.24 bits per heavy atom. The molecule has 0 N–H and O–H groups in total. The number of nitrogens with zero attached hydrogens (tertiary/aromatic N) is 1. The predicted molar refractivity (Wildman–Crippen MR) is 106 cm³/mol. The minimum Gasteiger partial charge on any atom is -0.422 e. The molecule has 0 aliphatic carbocycles. The first-order valence-electron chi connectivity index (χ1n) is 8.80. The number of fused-ring (bicyclic) bond motifs is 3. The number of aryl methyl sites for hydroxylation is 1. The van der Waals surface area contributed by atoms with Gasteiger partial charge >= 0.3 is 5.63 Å². The quantitative estimate of drug-likeness (QED) is 0.628. The maximum atomic E-state index is 12.5. The Kier molecular flexibility index (Phi) is 4.45. The molecule has 2 aromatic heterocycles. The van der Waals surface area contributed by atoms with E-state index >= 15 is 0 Å². The number of benzene rings is 1. The average molecular weight is 351 g/mol. The predicted octanol–water partition coefficient (Wildman–Crippen LogP) is 4.88. The molecule has 3 heterocycles. The van der Waals surface area contributed by atoms with E-state index in [0.29, 0.717) is 12.0 Å². The minimum atomic E-state index is -0.217. The monoisotopic (exact) mass is 351 g/mol. The molecule has 4 rings (SSSR count). The van der Waals surface area contributed by atoms with Crippen molar-refractivity contribution in [3.63, 3.8) is 0 Å². The van der Waals surface area contributed by atoms with Gasteiger partial charge in [-0.2, -0.15) is 0 Å². The van der Waals surface area contributed by atoms with Crippen LogP contribution in [0.15, 0.2) is 51.0 Å². The van der Waals surface area contributed by atoms with Crippen LogP contribution in [0.5, 0.6) is 0 Å². The van der Waals surface area contributed by atoms with E-state index in [1.165, 1.54) is 16.1 Å². The van der Waals surface area contributed by atoms with Crippen LogP contribution in [0.4, 0.5) is 5.69 Å². The molecule has 0 fully saturated rings. The number of allylic oxidation sites excluding steroid dienone is 1. The first-order chi connectivity index (χ1) is 12.3. The van der Waals surface area contributed by atoms with Gasteiger partial charge in [0, 0.05) is 40.2 Å². The van der Waals surface area contributed by atoms with Gasteiger partial charge in [0.15, 0.2) is 0 Å². The molecule has 3 aromatic rings. The summed E-state index contributed by atoms with van der Waals surface area (Å²) >= 11 is 1.69. The summed E-state index contributed by atoms with van der Waals surface area (Å²) < 4.78 is 5.76. The third kappa shape index (κ3) is 3.14. The van der Waals surface area contributed by atoms with Gasteiger partial charge in [0.2, 0.25) is 0 Å². The summed E-state index contributed by atoms with van der Waals surface area (Å²) in [6.45, 7) is 4.22. The molecule has 0 radical (unpaired) electrons. The van der Waals surface area contributed by atoms with Gasteiger partial charge in [-0.1, -0.05) is 12.1 Å². The van der Waals surface area contributed by atoms with E-state index in [2.05, 4.69) is 36.1 Å². The normalized spacial score (nSPS) is 14.4. The number of hydrogen-bond donors (Lipinski definition) is 0. The lowest BCUT2D eigenvalue weighted by Gasteiger charge is -2.30. The minimum absolute atomic E-state index is 0.217. The first-order valence-corrected chi connectivity index (χ1v) is 9.68. The SMILES string of the molecule is CCN1CCCc2c1ccc1cc(C/C=C/c3cccs3)c(=O)oc21. The summed E-state index contributed by atoms with van der Waals surface area (Å²) in [5, 5.41) is 3.07. The van der Waals surface area contributed by atoms with Gasteiger partial charge in [-0.25, -0.2) is 4.79 Å². The number of anilines is 1. The van der Waals surface area contributed by atoms with Crippen LogP contribution < -0.4 is 10.5 Å². The molecule has 0 saturated heterocycles. The molecule has 3 nitrogen and oxygen atoms in total. The van der Waals surface area contributed by atoms with E-state index in [1.807, 2.05) is 23.6 Å². The fraction of sp³-hybridized carbons (Fsp3) is 0.286. The highest BCUT2D eigenvalue weighted by Gasteiger charge is 2.19. The lowest BCUT2D eigenvalue weighted by Crippen LogP contribution is -2.29. The van der Waals surface area contributed by atoms with Gasteiger partial charge in [0.05, 0.1) is 0 Å². The van der Waals surface area contributed by atoms with E-state index in [-0.39, 0.29) is 5.63 Å². The maximum Gasteiger partial charge on any atom is 0.339 e. The topological polar surface area (TPSA) is 33.5 Å². The smallest absolute Gasteiger partial charge is 0.339 e. The van der Waals surface area contributed by atoms with Gasteiger partial charge in [-0.15, -0.1) is 11.3 Å².